The Bertz CT molecular complexity index is 538. The maximum absolute atomic E-state index is 13.5. The SMILES string of the molecule is Fc1ccc(Br)cc1CNCc1cc(Cl)ccc1Br. The molecule has 19 heavy (non-hydrogen) atoms. The first-order chi connectivity index (χ1) is 9.06. The number of nitrogens with one attached hydrogen (secondary N) is 1. The van der Waals surface area contributed by atoms with Crippen LogP contribution in [-0.4, -0.2) is 0 Å². The molecule has 0 saturated carbocycles. The topological polar surface area (TPSA) is 12.0 Å². The summed E-state index contributed by atoms with van der Waals surface area (Å²) in [6.45, 7) is 1.08. The second-order valence-electron chi connectivity index (χ2n) is 4.08. The van der Waals surface area contributed by atoms with Crippen molar-refractivity contribution in [1.82, 2.24) is 5.32 Å². The summed E-state index contributed by atoms with van der Waals surface area (Å²) in [5.74, 6) is -0.208. The summed E-state index contributed by atoms with van der Waals surface area (Å²) in [6.07, 6.45) is 0. The van der Waals surface area contributed by atoms with E-state index < -0.39 is 0 Å². The van der Waals surface area contributed by atoms with Crippen molar-refractivity contribution in [2.24, 2.45) is 0 Å². The number of rotatable bonds is 4. The molecule has 0 aliphatic rings. The zero-order valence-corrected chi connectivity index (χ0v) is 13.8. The van der Waals surface area contributed by atoms with E-state index in [4.69, 9.17) is 11.6 Å². The van der Waals surface area contributed by atoms with Crippen LogP contribution in [0.1, 0.15) is 11.1 Å². The average molecular weight is 408 g/mol. The second kappa shape index (κ2) is 6.84. The van der Waals surface area contributed by atoms with E-state index in [0.29, 0.717) is 23.7 Å². The van der Waals surface area contributed by atoms with E-state index in [1.165, 1.54) is 6.07 Å². The zero-order chi connectivity index (χ0) is 13.8. The number of hydrogen-bond donors (Lipinski definition) is 1. The summed E-state index contributed by atoms with van der Waals surface area (Å²) < 4.78 is 15.4. The van der Waals surface area contributed by atoms with Gasteiger partial charge in [-0.1, -0.05) is 43.5 Å². The van der Waals surface area contributed by atoms with Crippen LogP contribution in [0.5, 0.6) is 0 Å². The van der Waals surface area contributed by atoms with Crippen molar-refractivity contribution in [1.29, 1.82) is 0 Å². The quantitative estimate of drug-likeness (QED) is 0.726. The van der Waals surface area contributed by atoms with Crippen LogP contribution in [0.4, 0.5) is 4.39 Å². The molecular formula is C14H11Br2ClFN. The van der Waals surface area contributed by atoms with E-state index in [-0.39, 0.29) is 5.82 Å². The van der Waals surface area contributed by atoms with Crippen LogP contribution in [0.15, 0.2) is 45.3 Å². The smallest absolute Gasteiger partial charge is 0.127 e. The van der Waals surface area contributed by atoms with Gasteiger partial charge in [0.15, 0.2) is 0 Å². The lowest BCUT2D eigenvalue weighted by Gasteiger charge is -2.08. The Balaban J connectivity index is 2.00. The fraction of sp³-hybridized carbons (Fsp3) is 0.143. The minimum Gasteiger partial charge on any atom is -0.308 e. The summed E-state index contributed by atoms with van der Waals surface area (Å²) in [5, 5.41) is 3.89. The monoisotopic (exact) mass is 405 g/mol. The van der Waals surface area contributed by atoms with Crippen LogP contribution in [0, 0.1) is 5.82 Å². The third-order valence-corrected chi connectivity index (χ3v) is 4.15. The predicted molar refractivity (Wildman–Crippen MR) is 83.8 cm³/mol. The molecule has 0 radical (unpaired) electrons. The molecule has 0 atom stereocenters. The molecule has 0 amide bonds. The van der Waals surface area contributed by atoms with E-state index in [2.05, 4.69) is 37.2 Å². The third-order valence-electron chi connectivity index (χ3n) is 2.65. The Hall–Kier alpha value is -0.420. The summed E-state index contributed by atoms with van der Waals surface area (Å²) in [7, 11) is 0. The normalized spacial score (nSPS) is 10.7. The van der Waals surface area contributed by atoms with Crippen LogP contribution >= 0.6 is 43.5 Å². The molecular weight excluding hydrogens is 396 g/mol. The van der Waals surface area contributed by atoms with Crippen LogP contribution in [0.3, 0.4) is 0 Å². The van der Waals surface area contributed by atoms with E-state index in [9.17, 15) is 4.39 Å². The van der Waals surface area contributed by atoms with Crippen molar-refractivity contribution in [3.05, 3.63) is 67.3 Å². The minimum atomic E-state index is -0.208. The van der Waals surface area contributed by atoms with Crippen molar-refractivity contribution in [2.75, 3.05) is 0 Å². The van der Waals surface area contributed by atoms with E-state index in [0.717, 1.165) is 14.5 Å². The highest BCUT2D eigenvalue weighted by Gasteiger charge is 2.04. The van der Waals surface area contributed by atoms with Crippen molar-refractivity contribution in [3.63, 3.8) is 0 Å². The van der Waals surface area contributed by atoms with Crippen LogP contribution in [0.2, 0.25) is 5.02 Å². The molecule has 0 bridgehead atoms. The minimum absolute atomic E-state index is 0.208. The van der Waals surface area contributed by atoms with Gasteiger partial charge in [0.1, 0.15) is 5.82 Å². The van der Waals surface area contributed by atoms with Gasteiger partial charge in [0.05, 0.1) is 0 Å². The Morgan fingerprint density at radius 3 is 2.53 bits per heavy atom. The van der Waals surface area contributed by atoms with Gasteiger partial charge in [-0.15, -0.1) is 0 Å². The molecule has 0 unspecified atom stereocenters. The van der Waals surface area contributed by atoms with Gasteiger partial charge in [0, 0.05) is 32.6 Å². The Kier molecular flexibility index (Phi) is 5.39. The van der Waals surface area contributed by atoms with Crippen molar-refractivity contribution >= 4 is 43.5 Å². The van der Waals surface area contributed by atoms with Gasteiger partial charge in [-0.2, -0.15) is 0 Å². The largest absolute Gasteiger partial charge is 0.308 e. The molecule has 0 aliphatic heterocycles. The van der Waals surface area contributed by atoms with Gasteiger partial charge in [0.25, 0.3) is 0 Å². The van der Waals surface area contributed by atoms with Crippen molar-refractivity contribution < 1.29 is 4.39 Å². The summed E-state index contributed by atoms with van der Waals surface area (Å²) in [4.78, 5) is 0. The summed E-state index contributed by atoms with van der Waals surface area (Å²) in [6, 6.07) is 10.5. The number of hydrogen-bond acceptors (Lipinski definition) is 1. The Labute approximate surface area is 133 Å². The van der Waals surface area contributed by atoms with Gasteiger partial charge in [-0.25, -0.2) is 4.39 Å². The second-order valence-corrected chi connectivity index (χ2v) is 6.28. The maximum Gasteiger partial charge on any atom is 0.127 e. The van der Waals surface area contributed by atoms with Gasteiger partial charge in [-0.05, 0) is 42.0 Å². The molecule has 0 aromatic heterocycles. The molecule has 0 heterocycles. The molecule has 0 saturated heterocycles. The number of benzene rings is 2. The molecule has 2 aromatic carbocycles. The lowest BCUT2D eigenvalue weighted by molar-refractivity contribution is 0.587. The van der Waals surface area contributed by atoms with Gasteiger partial charge >= 0.3 is 0 Å². The van der Waals surface area contributed by atoms with Gasteiger partial charge in [0.2, 0.25) is 0 Å². The van der Waals surface area contributed by atoms with E-state index >= 15 is 0 Å². The highest BCUT2D eigenvalue weighted by Crippen LogP contribution is 2.21. The first-order valence-corrected chi connectivity index (χ1v) is 7.61. The zero-order valence-electron chi connectivity index (χ0n) is 9.89. The molecule has 1 nitrogen and oxygen atoms in total. The van der Waals surface area contributed by atoms with Crippen LogP contribution in [-0.2, 0) is 13.1 Å². The molecule has 2 rings (SSSR count). The van der Waals surface area contributed by atoms with Gasteiger partial charge in [-0.3, -0.25) is 0 Å². The molecule has 100 valence electrons. The third kappa shape index (κ3) is 4.28. The highest BCUT2D eigenvalue weighted by atomic mass is 79.9. The molecule has 0 fully saturated rings. The van der Waals surface area contributed by atoms with Crippen LogP contribution < -0.4 is 5.32 Å². The standard InChI is InChI=1S/C14H11Br2ClFN/c15-11-1-4-14(18)10(5-11)8-19-7-9-6-12(17)2-3-13(9)16/h1-6,19H,7-8H2. The van der Waals surface area contributed by atoms with Crippen LogP contribution in [0.25, 0.3) is 0 Å². The number of halogens is 4. The Morgan fingerprint density at radius 2 is 1.74 bits per heavy atom. The molecule has 5 heteroatoms. The Morgan fingerprint density at radius 1 is 1.00 bits per heavy atom. The molecule has 0 aliphatic carbocycles. The highest BCUT2D eigenvalue weighted by molar-refractivity contribution is 9.10. The first-order valence-electron chi connectivity index (χ1n) is 5.65. The molecule has 0 spiro atoms. The molecule has 2 aromatic rings. The maximum atomic E-state index is 13.5. The van der Waals surface area contributed by atoms with E-state index in [1.54, 1.807) is 12.1 Å². The fourth-order valence-corrected chi connectivity index (χ4v) is 2.68. The lowest BCUT2D eigenvalue weighted by Crippen LogP contribution is -2.14. The summed E-state index contributed by atoms with van der Waals surface area (Å²) in [5.41, 5.74) is 1.68. The lowest BCUT2D eigenvalue weighted by atomic mass is 10.2. The predicted octanol–water partition coefficient (Wildman–Crippen LogP) is 5.29. The summed E-state index contributed by atoms with van der Waals surface area (Å²) >= 11 is 12.7. The van der Waals surface area contributed by atoms with E-state index in [1.807, 2.05) is 18.2 Å². The van der Waals surface area contributed by atoms with Crippen molar-refractivity contribution in [3.8, 4) is 0 Å². The molecule has 1 N–H and O–H groups in total. The first kappa shape index (κ1) is 15.0. The fourth-order valence-electron chi connectivity index (χ4n) is 1.69. The average Bonchev–Trinajstić information content (AvgIpc) is 2.38. The van der Waals surface area contributed by atoms with Gasteiger partial charge < -0.3 is 5.32 Å². The van der Waals surface area contributed by atoms with Crippen molar-refractivity contribution in [2.45, 2.75) is 13.1 Å².